The van der Waals surface area contributed by atoms with Gasteiger partial charge < -0.3 is 9.73 Å². The summed E-state index contributed by atoms with van der Waals surface area (Å²) >= 11 is 0. The van der Waals surface area contributed by atoms with Gasteiger partial charge in [-0.1, -0.05) is 18.2 Å². The molecule has 2 aromatic rings. The molecule has 1 aromatic heterocycles. The van der Waals surface area contributed by atoms with Crippen LogP contribution >= 0.6 is 0 Å². The summed E-state index contributed by atoms with van der Waals surface area (Å²) in [4.78, 5) is 14.7. The molecule has 0 saturated heterocycles. The number of aryl methyl sites for hydroxylation is 1. The highest BCUT2D eigenvalue weighted by Crippen LogP contribution is 2.18. The molecule has 0 radical (unpaired) electrons. The van der Waals surface area contributed by atoms with Crippen LogP contribution in [0.2, 0.25) is 0 Å². The van der Waals surface area contributed by atoms with E-state index >= 15 is 0 Å². The summed E-state index contributed by atoms with van der Waals surface area (Å²) in [5.41, 5.74) is 0.884. The van der Waals surface area contributed by atoms with E-state index < -0.39 is 0 Å². The van der Waals surface area contributed by atoms with Crippen LogP contribution in [0.5, 0.6) is 0 Å². The molecule has 6 heteroatoms. The maximum Gasteiger partial charge on any atom is 0.272 e. The Balaban J connectivity index is 1.92. The van der Waals surface area contributed by atoms with E-state index in [0.29, 0.717) is 18.9 Å². The van der Waals surface area contributed by atoms with Gasteiger partial charge in [0.05, 0.1) is 17.2 Å². The first-order valence-electron chi connectivity index (χ1n) is 6.46. The zero-order valence-electron chi connectivity index (χ0n) is 11.5. The second kappa shape index (κ2) is 6.29. The Morgan fingerprint density at radius 1 is 1.45 bits per heavy atom. The van der Waals surface area contributed by atoms with Crippen molar-refractivity contribution in [2.45, 2.75) is 26.3 Å². The number of hydrogen-bond donors (Lipinski definition) is 1. The van der Waals surface area contributed by atoms with Gasteiger partial charge in [0.25, 0.3) is 5.69 Å². The summed E-state index contributed by atoms with van der Waals surface area (Å²) in [6.07, 6.45) is 2.26. The molecule has 0 amide bonds. The summed E-state index contributed by atoms with van der Waals surface area (Å²) in [6.45, 7) is 4.41. The smallest absolute Gasteiger partial charge is 0.272 e. The second-order valence-electron chi connectivity index (χ2n) is 4.62. The minimum Gasteiger partial charge on any atom is -0.444 e. The molecule has 0 spiro atoms. The van der Waals surface area contributed by atoms with Crippen molar-refractivity contribution in [1.29, 1.82) is 0 Å². The molecule has 0 aliphatic rings. The quantitative estimate of drug-likeness (QED) is 0.647. The molecule has 1 atom stereocenters. The van der Waals surface area contributed by atoms with Crippen molar-refractivity contribution in [2.75, 3.05) is 6.54 Å². The van der Waals surface area contributed by atoms with Crippen LogP contribution in [0.3, 0.4) is 0 Å². The maximum absolute atomic E-state index is 10.9. The fraction of sp³-hybridized carbons (Fsp3) is 0.357. The van der Waals surface area contributed by atoms with Crippen molar-refractivity contribution >= 4 is 5.69 Å². The lowest BCUT2D eigenvalue weighted by molar-refractivity contribution is -0.385. The van der Waals surface area contributed by atoms with Crippen LogP contribution in [0.1, 0.15) is 30.2 Å². The molecule has 1 aromatic carbocycles. The number of benzene rings is 1. The summed E-state index contributed by atoms with van der Waals surface area (Å²) < 4.78 is 5.43. The SMILES string of the molecule is Cc1cnc(C(C)NCCc2ccccc2[N+](=O)[O-])o1. The van der Waals surface area contributed by atoms with Crippen LogP contribution in [-0.4, -0.2) is 16.5 Å². The first-order chi connectivity index (χ1) is 9.58. The third-order valence-electron chi connectivity index (χ3n) is 3.04. The molecule has 6 nitrogen and oxygen atoms in total. The Hall–Kier alpha value is -2.21. The predicted molar refractivity (Wildman–Crippen MR) is 74.5 cm³/mol. The van der Waals surface area contributed by atoms with Crippen LogP contribution in [0.25, 0.3) is 0 Å². The van der Waals surface area contributed by atoms with Crippen LogP contribution in [0.4, 0.5) is 5.69 Å². The Kier molecular flexibility index (Phi) is 4.47. The van der Waals surface area contributed by atoms with E-state index in [1.54, 1.807) is 18.3 Å². The average molecular weight is 275 g/mol. The van der Waals surface area contributed by atoms with Gasteiger partial charge in [-0.25, -0.2) is 4.98 Å². The Morgan fingerprint density at radius 3 is 2.85 bits per heavy atom. The van der Waals surface area contributed by atoms with Gasteiger partial charge >= 0.3 is 0 Å². The zero-order valence-corrected chi connectivity index (χ0v) is 11.5. The van der Waals surface area contributed by atoms with Crippen LogP contribution in [0.15, 0.2) is 34.9 Å². The van der Waals surface area contributed by atoms with Gasteiger partial charge in [-0.05, 0) is 20.3 Å². The van der Waals surface area contributed by atoms with Gasteiger partial charge in [-0.3, -0.25) is 10.1 Å². The number of nitro benzene ring substituents is 1. The molecule has 0 fully saturated rings. The van der Waals surface area contributed by atoms with Gasteiger partial charge in [0.15, 0.2) is 0 Å². The fourth-order valence-electron chi connectivity index (χ4n) is 1.98. The largest absolute Gasteiger partial charge is 0.444 e. The van der Waals surface area contributed by atoms with Crippen molar-refractivity contribution in [2.24, 2.45) is 0 Å². The number of nitrogens with zero attached hydrogens (tertiary/aromatic N) is 2. The molecule has 0 aliphatic heterocycles. The van der Waals surface area contributed by atoms with E-state index in [2.05, 4.69) is 10.3 Å². The first kappa shape index (κ1) is 14.2. The molecule has 1 heterocycles. The van der Waals surface area contributed by atoms with E-state index in [0.717, 1.165) is 11.3 Å². The molecule has 1 N–H and O–H groups in total. The number of nitro groups is 1. The first-order valence-corrected chi connectivity index (χ1v) is 6.46. The van der Waals surface area contributed by atoms with E-state index in [4.69, 9.17) is 4.42 Å². The van der Waals surface area contributed by atoms with E-state index in [1.807, 2.05) is 19.9 Å². The molecular formula is C14H17N3O3. The lowest BCUT2D eigenvalue weighted by Crippen LogP contribution is -2.21. The fourth-order valence-corrected chi connectivity index (χ4v) is 1.98. The molecule has 2 rings (SSSR count). The van der Waals surface area contributed by atoms with Gasteiger partial charge in [0.2, 0.25) is 5.89 Å². The van der Waals surface area contributed by atoms with Crippen molar-refractivity contribution < 1.29 is 9.34 Å². The Bertz CT molecular complexity index is 595. The lowest BCUT2D eigenvalue weighted by atomic mass is 10.1. The number of nitrogens with one attached hydrogen (secondary N) is 1. The number of oxazole rings is 1. The average Bonchev–Trinajstić information content (AvgIpc) is 2.86. The van der Waals surface area contributed by atoms with Crippen molar-refractivity contribution in [3.05, 3.63) is 57.8 Å². The van der Waals surface area contributed by atoms with E-state index in [1.165, 1.54) is 6.07 Å². The molecule has 0 aliphatic carbocycles. The number of para-hydroxylation sites is 1. The minimum absolute atomic E-state index is 0.0218. The molecular weight excluding hydrogens is 258 g/mol. The molecule has 20 heavy (non-hydrogen) atoms. The van der Waals surface area contributed by atoms with Crippen LogP contribution in [0, 0.1) is 17.0 Å². The maximum atomic E-state index is 10.9. The lowest BCUT2D eigenvalue weighted by Gasteiger charge is -2.10. The monoisotopic (exact) mass is 275 g/mol. The predicted octanol–water partition coefficient (Wildman–Crippen LogP) is 2.78. The third kappa shape index (κ3) is 3.42. The molecule has 0 saturated carbocycles. The highest BCUT2D eigenvalue weighted by Gasteiger charge is 2.14. The highest BCUT2D eigenvalue weighted by atomic mass is 16.6. The van der Waals surface area contributed by atoms with E-state index in [-0.39, 0.29) is 16.7 Å². The molecule has 106 valence electrons. The van der Waals surface area contributed by atoms with Gasteiger partial charge in [-0.15, -0.1) is 0 Å². The summed E-state index contributed by atoms with van der Waals surface area (Å²) in [6, 6.07) is 6.76. The van der Waals surface area contributed by atoms with Gasteiger partial charge in [0, 0.05) is 18.2 Å². The highest BCUT2D eigenvalue weighted by molar-refractivity contribution is 5.39. The Morgan fingerprint density at radius 2 is 2.20 bits per heavy atom. The number of aromatic nitrogens is 1. The minimum atomic E-state index is -0.351. The number of rotatable bonds is 6. The number of hydrogen-bond acceptors (Lipinski definition) is 5. The summed E-state index contributed by atoms with van der Waals surface area (Å²) in [7, 11) is 0. The standard InChI is InChI=1S/C14H17N3O3/c1-10-9-16-14(20-10)11(2)15-8-7-12-5-3-4-6-13(12)17(18)19/h3-6,9,11,15H,7-8H2,1-2H3. The van der Waals surface area contributed by atoms with Crippen LogP contribution < -0.4 is 5.32 Å². The molecule has 0 bridgehead atoms. The third-order valence-corrected chi connectivity index (χ3v) is 3.04. The molecule has 1 unspecified atom stereocenters. The summed E-state index contributed by atoms with van der Waals surface area (Å²) in [5.74, 6) is 1.40. The van der Waals surface area contributed by atoms with Crippen LogP contribution in [-0.2, 0) is 6.42 Å². The summed E-state index contributed by atoms with van der Waals surface area (Å²) in [5, 5.41) is 14.2. The van der Waals surface area contributed by atoms with E-state index in [9.17, 15) is 10.1 Å². The van der Waals surface area contributed by atoms with Crippen molar-refractivity contribution in [3.8, 4) is 0 Å². The second-order valence-corrected chi connectivity index (χ2v) is 4.62. The Labute approximate surface area is 117 Å². The van der Waals surface area contributed by atoms with Gasteiger partial charge in [-0.2, -0.15) is 0 Å². The van der Waals surface area contributed by atoms with Gasteiger partial charge in [0.1, 0.15) is 5.76 Å². The van der Waals surface area contributed by atoms with Crippen molar-refractivity contribution in [1.82, 2.24) is 10.3 Å². The topological polar surface area (TPSA) is 81.2 Å². The zero-order chi connectivity index (χ0) is 14.5. The van der Waals surface area contributed by atoms with Crippen molar-refractivity contribution in [3.63, 3.8) is 0 Å². The normalized spacial score (nSPS) is 12.3.